The van der Waals surface area contributed by atoms with Crippen LogP contribution in [-0.4, -0.2) is 23.2 Å². The number of hydrogen-bond donors (Lipinski definition) is 1. The van der Waals surface area contributed by atoms with Crippen LogP contribution >= 0.6 is 11.3 Å². The first kappa shape index (κ1) is 13.5. The number of aliphatic carboxylic acids is 1. The monoisotopic (exact) mass is 281 g/mol. The lowest BCUT2D eigenvalue weighted by Gasteiger charge is -2.06. The van der Waals surface area contributed by atoms with Crippen LogP contribution in [0, 0.1) is 12.7 Å². The van der Waals surface area contributed by atoms with E-state index in [0.717, 1.165) is 0 Å². The van der Waals surface area contributed by atoms with E-state index in [0.29, 0.717) is 21.3 Å². The summed E-state index contributed by atoms with van der Waals surface area (Å²) in [5.74, 6) is -0.982. The summed E-state index contributed by atoms with van der Waals surface area (Å²) < 4.78 is 19.0. The molecule has 0 saturated heterocycles. The van der Waals surface area contributed by atoms with Gasteiger partial charge >= 0.3 is 5.97 Å². The molecule has 0 aliphatic carbocycles. The summed E-state index contributed by atoms with van der Waals surface area (Å²) in [6.45, 7) is 1.71. The van der Waals surface area contributed by atoms with Crippen molar-refractivity contribution < 1.29 is 19.0 Å². The number of halogens is 1. The highest BCUT2D eigenvalue weighted by Gasteiger charge is 2.18. The molecule has 1 aromatic heterocycles. The summed E-state index contributed by atoms with van der Waals surface area (Å²) in [4.78, 5) is 15.6. The van der Waals surface area contributed by atoms with Crippen molar-refractivity contribution >= 4 is 17.3 Å². The highest BCUT2D eigenvalue weighted by molar-refractivity contribution is 7.15. The summed E-state index contributed by atoms with van der Waals surface area (Å²) >= 11 is 1.17. The number of thiazole rings is 1. The van der Waals surface area contributed by atoms with Crippen LogP contribution in [0.4, 0.5) is 4.39 Å². The van der Waals surface area contributed by atoms with E-state index in [2.05, 4.69) is 4.98 Å². The topological polar surface area (TPSA) is 59.4 Å². The molecular weight excluding hydrogens is 269 g/mol. The Labute approximate surface area is 113 Å². The van der Waals surface area contributed by atoms with Gasteiger partial charge in [0.25, 0.3) is 0 Å². The molecule has 0 fully saturated rings. The smallest absolute Gasteiger partial charge is 0.308 e. The maximum Gasteiger partial charge on any atom is 0.308 e. The summed E-state index contributed by atoms with van der Waals surface area (Å²) in [7, 11) is 1.46. The fourth-order valence-corrected chi connectivity index (χ4v) is 2.82. The second kappa shape index (κ2) is 5.36. The zero-order valence-electron chi connectivity index (χ0n) is 10.4. The molecule has 1 heterocycles. The van der Waals surface area contributed by atoms with Gasteiger partial charge in [0.05, 0.1) is 24.8 Å². The Hall–Kier alpha value is -1.95. The van der Waals surface area contributed by atoms with Crippen molar-refractivity contribution in [2.75, 3.05) is 7.11 Å². The molecule has 0 aliphatic rings. The minimum absolute atomic E-state index is 0.111. The lowest BCUT2D eigenvalue weighted by molar-refractivity contribution is -0.136. The van der Waals surface area contributed by atoms with Gasteiger partial charge in [-0.25, -0.2) is 9.37 Å². The predicted molar refractivity (Wildman–Crippen MR) is 70.1 cm³/mol. The third-order valence-electron chi connectivity index (χ3n) is 2.61. The van der Waals surface area contributed by atoms with Crippen molar-refractivity contribution in [2.24, 2.45) is 0 Å². The molecule has 1 aromatic carbocycles. The van der Waals surface area contributed by atoms with Crippen molar-refractivity contribution in [3.63, 3.8) is 0 Å². The van der Waals surface area contributed by atoms with Crippen molar-refractivity contribution in [1.82, 2.24) is 4.98 Å². The highest BCUT2D eigenvalue weighted by Crippen LogP contribution is 2.36. The largest absolute Gasteiger partial charge is 0.496 e. The van der Waals surface area contributed by atoms with E-state index in [4.69, 9.17) is 9.84 Å². The van der Waals surface area contributed by atoms with Gasteiger partial charge in [-0.1, -0.05) is 6.07 Å². The summed E-state index contributed by atoms with van der Waals surface area (Å²) in [5.41, 5.74) is 0.877. The molecule has 0 atom stereocenters. The van der Waals surface area contributed by atoms with E-state index in [9.17, 15) is 9.18 Å². The lowest BCUT2D eigenvalue weighted by Crippen LogP contribution is -1.99. The number of aryl methyl sites for hydroxylation is 1. The Balaban J connectivity index is 2.51. The lowest BCUT2D eigenvalue weighted by atomic mass is 10.2. The van der Waals surface area contributed by atoms with Gasteiger partial charge in [0.2, 0.25) is 0 Å². The molecule has 0 aliphatic heterocycles. The van der Waals surface area contributed by atoms with Crippen molar-refractivity contribution in [3.8, 4) is 16.3 Å². The molecule has 0 radical (unpaired) electrons. The predicted octanol–water partition coefficient (Wildman–Crippen LogP) is 2.89. The van der Waals surface area contributed by atoms with Gasteiger partial charge in [-0.2, -0.15) is 0 Å². The van der Waals surface area contributed by atoms with Crippen LogP contribution in [0.2, 0.25) is 0 Å². The molecule has 2 aromatic rings. The average Bonchev–Trinajstić information content (AvgIpc) is 2.69. The minimum atomic E-state index is -0.932. The molecule has 0 unspecified atom stereocenters. The number of carbonyl (C=O) groups is 1. The summed E-state index contributed by atoms with van der Waals surface area (Å²) in [6.07, 6.45) is -0.111. The van der Waals surface area contributed by atoms with Crippen molar-refractivity contribution in [2.45, 2.75) is 13.3 Å². The molecule has 0 amide bonds. The van der Waals surface area contributed by atoms with Gasteiger partial charge in [0, 0.05) is 4.88 Å². The van der Waals surface area contributed by atoms with Gasteiger partial charge in [-0.05, 0) is 19.1 Å². The van der Waals surface area contributed by atoms with Crippen LogP contribution in [-0.2, 0) is 11.2 Å². The Morgan fingerprint density at radius 2 is 2.26 bits per heavy atom. The van der Waals surface area contributed by atoms with Crippen LogP contribution < -0.4 is 4.74 Å². The molecule has 2 rings (SSSR count). The van der Waals surface area contributed by atoms with Crippen LogP contribution in [0.25, 0.3) is 10.6 Å². The third kappa shape index (κ3) is 2.73. The van der Waals surface area contributed by atoms with Gasteiger partial charge in [-0.15, -0.1) is 11.3 Å². The number of ether oxygens (including phenoxy) is 1. The zero-order chi connectivity index (χ0) is 14.0. The number of rotatable bonds is 4. The first-order valence-electron chi connectivity index (χ1n) is 5.54. The number of carboxylic acids is 1. The van der Waals surface area contributed by atoms with E-state index in [-0.39, 0.29) is 12.0 Å². The standard InChI is InChI=1S/C13H12FNO3S/c1-7-10(6-11(16)17)19-13(15-7)12-8(14)4-3-5-9(12)18-2/h3-5H,6H2,1-2H3,(H,16,17). The number of aromatic nitrogens is 1. The van der Waals surface area contributed by atoms with E-state index < -0.39 is 11.8 Å². The van der Waals surface area contributed by atoms with Gasteiger partial charge in [-0.3, -0.25) is 4.79 Å². The Kier molecular flexibility index (Phi) is 3.80. The maximum absolute atomic E-state index is 13.9. The molecular formula is C13H12FNO3S. The maximum atomic E-state index is 13.9. The molecule has 100 valence electrons. The second-order valence-electron chi connectivity index (χ2n) is 3.92. The summed E-state index contributed by atoms with van der Waals surface area (Å²) in [6, 6.07) is 4.52. The van der Waals surface area contributed by atoms with Crippen molar-refractivity contribution in [3.05, 3.63) is 34.6 Å². The number of hydrogen-bond acceptors (Lipinski definition) is 4. The van der Waals surface area contributed by atoms with Gasteiger partial charge in [0.15, 0.2) is 0 Å². The minimum Gasteiger partial charge on any atom is -0.496 e. The fourth-order valence-electron chi connectivity index (χ4n) is 1.72. The second-order valence-corrected chi connectivity index (χ2v) is 5.00. The van der Waals surface area contributed by atoms with Crippen molar-refractivity contribution in [1.29, 1.82) is 0 Å². The first-order chi connectivity index (χ1) is 9.02. The molecule has 0 spiro atoms. The van der Waals surface area contributed by atoms with Crippen LogP contribution in [0.5, 0.6) is 5.75 Å². The molecule has 19 heavy (non-hydrogen) atoms. The number of carboxylic acid groups (broad SMARTS) is 1. The van der Waals surface area contributed by atoms with E-state index in [1.807, 2.05) is 0 Å². The van der Waals surface area contributed by atoms with E-state index in [1.165, 1.54) is 24.5 Å². The van der Waals surface area contributed by atoms with Gasteiger partial charge in [0.1, 0.15) is 16.6 Å². The molecule has 4 nitrogen and oxygen atoms in total. The molecule has 1 N–H and O–H groups in total. The molecule has 0 saturated carbocycles. The quantitative estimate of drug-likeness (QED) is 0.936. The SMILES string of the molecule is COc1cccc(F)c1-c1nc(C)c(CC(=O)O)s1. The fraction of sp³-hybridized carbons (Fsp3) is 0.231. The highest BCUT2D eigenvalue weighted by atomic mass is 32.1. The number of benzene rings is 1. The number of nitrogens with zero attached hydrogens (tertiary/aromatic N) is 1. The zero-order valence-corrected chi connectivity index (χ0v) is 11.3. The first-order valence-corrected chi connectivity index (χ1v) is 6.35. The Morgan fingerprint density at radius 3 is 2.89 bits per heavy atom. The van der Waals surface area contributed by atoms with E-state index in [1.54, 1.807) is 19.1 Å². The van der Waals surface area contributed by atoms with Crippen LogP contribution in [0.15, 0.2) is 18.2 Å². The number of methoxy groups -OCH3 is 1. The molecule has 6 heteroatoms. The van der Waals surface area contributed by atoms with Crippen LogP contribution in [0.3, 0.4) is 0 Å². The molecule has 0 bridgehead atoms. The van der Waals surface area contributed by atoms with Gasteiger partial charge < -0.3 is 9.84 Å². The Bertz CT molecular complexity index is 624. The van der Waals surface area contributed by atoms with E-state index >= 15 is 0 Å². The Morgan fingerprint density at radius 1 is 1.53 bits per heavy atom. The average molecular weight is 281 g/mol. The third-order valence-corrected chi connectivity index (χ3v) is 3.79. The normalized spacial score (nSPS) is 10.5. The van der Waals surface area contributed by atoms with Crippen LogP contribution in [0.1, 0.15) is 10.6 Å². The summed E-state index contributed by atoms with van der Waals surface area (Å²) in [5, 5.41) is 9.24.